The normalized spacial score (nSPS) is 11.6. The van der Waals surface area contributed by atoms with E-state index in [1.165, 1.54) is 9.75 Å². The second-order valence-corrected chi connectivity index (χ2v) is 7.60. The van der Waals surface area contributed by atoms with Crippen LogP contribution in [0.1, 0.15) is 44.4 Å². The van der Waals surface area contributed by atoms with E-state index >= 15 is 0 Å². The van der Waals surface area contributed by atoms with Gasteiger partial charge in [-0.25, -0.2) is 4.99 Å². The number of aliphatic imine (C=N–C) groups is 1. The van der Waals surface area contributed by atoms with Gasteiger partial charge < -0.3 is 16.0 Å². The summed E-state index contributed by atoms with van der Waals surface area (Å²) in [6, 6.07) is 4.30. The summed E-state index contributed by atoms with van der Waals surface area (Å²) in [6.45, 7) is 12.7. The van der Waals surface area contributed by atoms with Crippen LogP contribution in [0, 0.1) is 5.41 Å². The van der Waals surface area contributed by atoms with Crippen LogP contribution in [0.4, 0.5) is 0 Å². The van der Waals surface area contributed by atoms with E-state index in [4.69, 9.17) is 0 Å². The number of thiophene rings is 1. The Labute approximate surface area is 167 Å². The number of nitrogens with zero attached hydrogens (tertiary/aromatic N) is 1. The van der Waals surface area contributed by atoms with E-state index < -0.39 is 0 Å². The lowest BCUT2D eigenvalue weighted by molar-refractivity contribution is -0.128. The third-order valence-electron chi connectivity index (χ3n) is 3.19. The minimum atomic E-state index is -0.352. The molecule has 0 atom stereocenters. The molecule has 7 heteroatoms. The summed E-state index contributed by atoms with van der Waals surface area (Å²) < 4.78 is 0. The fourth-order valence-electron chi connectivity index (χ4n) is 1.82. The highest BCUT2D eigenvalue weighted by atomic mass is 127. The quantitative estimate of drug-likeness (QED) is 0.250. The molecule has 1 amide bonds. The van der Waals surface area contributed by atoms with Crippen LogP contribution < -0.4 is 16.0 Å². The zero-order valence-corrected chi connectivity index (χ0v) is 18.5. The van der Waals surface area contributed by atoms with Crippen LogP contribution in [0.3, 0.4) is 0 Å². The van der Waals surface area contributed by atoms with Crippen molar-refractivity contribution >= 4 is 47.2 Å². The molecule has 1 heterocycles. The summed E-state index contributed by atoms with van der Waals surface area (Å²) in [7, 11) is 0. The molecule has 1 rings (SSSR count). The maximum Gasteiger partial charge on any atom is 0.225 e. The van der Waals surface area contributed by atoms with Crippen molar-refractivity contribution in [2.75, 3.05) is 19.6 Å². The molecule has 0 aliphatic carbocycles. The first-order valence-corrected chi connectivity index (χ1v) is 9.06. The van der Waals surface area contributed by atoms with Gasteiger partial charge in [-0.05, 0) is 25.5 Å². The zero-order chi connectivity index (χ0) is 17.3. The molecule has 1 aromatic rings. The summed E-state index contributed by atoms with van der Waals surface area (Å²) >= 11 is 1.81. The van der Waals surface area contributed by atoms with Crippen molar-refractivity contribution in [3.8, 4) is 0 Å². The number of aryl methyl sites for hydroxylation is 1. The van der Waals surface area contributed by atoms with Gasteiger partial charge in [-0.1, -0.05) is 27.7 Å². The highest BCUT2D eigenvalue weighted by molar-refractivity contribution is 14.0. The van der Waals surface area contributed by atoms with Gasteiger partial charge in [-0.2, -0.15) is 0 Å². The van der Waals surface area contributed by atoms with Crippen molar-refractivity contribution in [1.82, 2.24) is 16.0 Å². The summed E-state index contributed by atoms with van der Waals surface area (Å²) in [4.78, 5) is 19.0. The molecule has 0 spiro atoms. The van der Waals surface area contributed by atoms with E-state index in [1.807, 2.05) is 39.0 Å². The lowest BCUT2D eigenvalue weighted by atomic mass is 9.96. The van der Waals surface area contributed by atoms with Crippen LogP contribution in [0.25, 0.3) is 0 Å². The molecule has 0 saturated carbocycles. The molecule has 24 heavy (non-hydrogen) atoms. The number of carbonyl (C=O) groups excluding carboxylic acids is 1. The van der Waals surface area contributed by atoms with E-state index in [-0.39, 0.29) is 35.3 Å². The number of hydrogen-bond acceptors (Lipinski definition) is 3. The smallest absolute Gasteiger partial charge is 0.225 e. The fourth-order valence-corrected chi connectivity index (χ4v) is 2.70. The van der Waals surface area contributed by atoms with E-state index in [0.717, 1.165) is 18.9 Å². The van der Waals surface area contributed by atoms with Crippen molar-refractivity contribution in [3.05, 3.63) is 21.9 Å². The molecule has 1 aromatic heterocycles. The van der Waals surface area contributed by atoms with Crippen molar-refractivity contribution < 1.29 is 4.79 Å². The highest BCUT2D eigenvalue weighted by Crippen LogP contribution is 2.17. The minimum absolute atomic E-state index is 0. The van der Waals surface area contributed by atoms with Crippen LogP contribution in [0.15, 0.2) is 17.1 Å². The Kier molecular flexibility index (Phi) is 11.3. The van der Waals surface area contributed by atoms with E-state index in [1.54, 1.807) is 0 Å². The van der Waals surface area contributed by atoms with Gasteiger partial charge in [-0.3, -0.25) is 4.79 Å². The maximum absolute atomic E-state index is 11.8. The Morgan fingerprint density at radius 3 is 2.25 bits per heavy atom. The molecular weight excluding hydrogens is 435 g/mol. The molecular formula is C17H31IN4OS. The molecule has 0 bridgehead atoms. The van der Waals surface area contributed by atoms with Crippen molar-refractivity contribution in [2.45, 2.75) is 47.6 Å². The predicted octanol–water partition coefficient (Wildman–Crippen LogP) is 3.15. The van der Waals surface area contributed by atoms with Crippen LogP contribution in [0.5, 0.6) is 0 Å². The Morgan fingerprint density at radius 2 is 1.71 bits per heavy atom. The zero-order valence-electron chi connectivity index (χ0n) is 15.4. The summed E-state index contributed by atoms with van der Waals surface area (Å²) in [5.41, 5.74) is -0.352. The van der Waals surface area contributed by atoms with Gasteiger partial charge in [0.15, 0.2) is 5.96 Å². The second-order valence-electron chi connectivity index (χ2n) is 6.35. The standard InChI is InChI=1S/C17H30N4OS.HI/c1-6-13-8-9-14(23-13)12-21-16(18-7-2)20-11-10-19-15(22)17(3,4)5;/h8-9H,6-7,10-12H2,1-5H3,(H,19,22)(H2,18,20,21);1H. The predicted molar refractivity (Wildman–Crippen MR) is 114 cm³/mol. The lowest BCUT2D eigenvalue weighted by Crippen LogP contribution is -2.43. The van der Waals surface area contributed by atoms with Gasteiger partial charge in [0.1, 0.15) is 0 Å². The summed E-state index contributed by atoms with van der Waals surface area (Å²) in [6.07, 6.45) is 1.07. The van der Waals surface area contributed by atoms with Gasteiger partial charge in [-0.15, -0.1) is 35.3 Å². The molecule has 0 fully saturated rings. The average Bonchev–Trinajstić information content (AvgIpc) is 2.95. The Morgan fingerprint density at radius 1 is 1.08 bits per heavy atom. The number of rotatable bonds is 7. The maximum atomic E-state index is 11.8. The third kappa shape index (κ3) is 8.86. The first-order valence-electron chi connectivity index (χ1n) is 8.24. The van der Waals surface area contributed by atoms with Gasteiger partial charge >= 0.3 is 0 Å². The van der Waals surface area contributed by atoms with E-state index in [2.05, 4.69) is 40.0 Å². The molecule has 0 aromatic carbocycles. The van der Waals surface area contributed by atoms with Crippen molar-refractivity contribution in [1.29, 1.82) is 0 Å². The van der Waals surface area contributed by atoms with Crippen LogP contribution in [-0.4, -0.2) is 31.5 Å². The Hall–Kier alpha value is -0.830. The number of halogens is 1. The Balaban J connectivity index is 0.00000529. The molecule has 138 valence electrons. The molecule has 0 saturated heterocycles. The minimum Gasteiger partial charge on any atom is -0.357 e. The van der Waals surface area contributed by atoms with Crippen molar-refractivity contribution in [2.24, 2.45) is 10.4 Å². The molecule has 0 aliphatic rings. The average molecular weight is 466 g/mol. The van der Waals surface area contributed by atoms with Crippen LogP contribution in [-0.2, 0) is 17.8 Å². The van der Waals surface area contributed by atoms with Crippen LogP contribution >= 0.6 is 35.3 Å². The first-order chi connectivity index (χ1) is 10.9. The third-order valence-corrected chi connectivity index (χ3v) is 4.40. The summed E-state index contributed by atoms with van der Waals surface area (Å²) in [5.74, 6) is 0.843. The molecule has 0 unspecified atom stereocenters. The van der Waals surface area contributed by atoms with E-state index in [9.17, 15) is 4.79 Å². The van der Waals surface area contributed by atoms with Gasteiger partial charge in [0, 0.05) is 34.8 Å². The number of amides is 1. The largest absolute Gasteiger partial charge is 0.357 e. The number of guanidine groups is 1. The SMILES string of the molecule is CCNC(=NCc1ccc(CC)s1)NCCNC(=O)C(C)(C)C.I. The molecule has 0 aliphatic heterocycles. The molecule has 3 N–H and O–H groups in total. The number of carbonyl (C=O) groups is 1. The lowest BCUT2D eigenvalue weighted by Gasteiger charge is -2.18. The first kappa shape index (κ1) is 23.2. The molecule has 0 radical (unpaired) electrons. The van der Waals surface area contributed by atoms with Crippen LogP contribution in [0.2, 0.25) is 0 Å². The van der Waals surface area contributed by atoms with Gasteiger partial charge in [0.2, 0.25) is 5.91 Å². The Bertz CT molecular complexity index is 523. The number of nitrogens with one attached hydrogen (secondary N) is 3. The highest BCUT2D eigenvalue weighted by Gasteiger charge is 2.20. The van der Waals surface area contributed by atoms with Gasteiger partial charge in [0.05, 0.1) is 6.54 Å². The van der Waals surface area contributed by atoms with Gasteiger partial charge in [0.25, 0.3) is 0 Å². The number of hydrogen-bond donors (Lipinski definition) is 3. The monoisotopic (exact) mass is 466 g/mol. The van der Waals surface area contributed by atoms with Crippen molar-refractivity contribution in [3.63, 3.8) is 0 Å². The molecule has 5 nitrogen and oxygen atoms in total. The second kappa shape index (κ2) is 11.7. The topological polar surface area (TPSA) is 65.5 Å². The van der Waals surface area contributed by atoms with E-state index in [0.29, 0.717) is 19.6 Å². The fraction of sp³-hybridized carbons (Fsp3) is 0.647. The summed E-state index contributed by atoms with van der Waals surface area (Å²) in [5, 5.41) is 9.39.